The van der Waals surface area contributed by atoms with E-state index in [0.29, 0.717) is 0 Å². The Bertz CT molecular complexity index is 559. The minimum Gasteiger partial charge on any atom is -0.237 e. The monoisotopic (exact) mass is 355 g/mol. The SMILES string of the molecule is CCCCCCCCCCCCCCn1cc[n+](Cc2ccccc2)c1. The van der Waals surface area contributed by atoms with Gasteiger partial charge in [-0.3, -0.25) is 0 Å². The molecule has 2 rings (SSSR count). The number of imidazole rings is 1. The van der Waals surface area contributed by atoms with E-state index < -0.39 is 0 Å². The average Bonchev–Trinajstić information content (AvgIpc) is 3.11. The number of nitrogens with zero attached hydrogens (tertiary/aromatic N) is 2. The summed E-state index contributed by atoms with van der Waals surface area (Å²) in [6, 6.07) is 10.7. The van der Waals surface area contributed by atoms with Gasteiger partial charge in [0.15, 0.2) is 0 Å². The van der Waals surface area contributed by atoms with Crippen molar-refractivity contribution in [1.82, 2.24) is 4.57 Å². The molecule has 0 radical (unpaired) electrons. The summed E-state index contributed by atoms with van der Waals surface area (Å²) in [5, 5.41) is 0. The van der Waals surface area contributed by atoms with Crippen LogP contribution in [-0.2, 0) is 13.1 Å². The van der Waals surface area contributed by atoms with Gasteiger partial charge < -0.3 is 0 Å². The van der Waals surface area contributed by atoms with E-state index in [1.807, 2.05) is 0 Å². The van der Waals surface area contributed by atoms with Crippen LogP contribution in [0.2, 0.25) is 0 Å². The second-order valence-electron chi connectivity index (χ2n) is 7.70. The zero-order chi connectivity index (χ0) is 18.3. The topological polar surface area (TPSA) is 8.81 Å². The second kappa shape index (κ2) is 13.6. The predicted molar refractivity (Wildman–Crippen MR) is 111 cm³/mol. The summed E-state index contributed by atoms with van der Waals surface area (Å²) in [6.07, 6.45) is 23.6. The molecule has 0 atom stereocenters. The molecular weight excluding hydrogens is 316 g/mol. The molecule has 0 spiro atoms. The van der Waals surface area contributed by atoms with Crippen molar-refractivity contribution in [1.29, 1.82) is 0 Å². The Hall–Kier alpha value is -1.57. The molecule has 0 unspecified atom stereocenters. The maximum atomic E-state index is 2.33. The summed E-state index contributed by atoms with van der Waals surface area (Å²) in [4.78, 5) is 0. The lowest BCUT2D eigenvalue weighted by Crippen LogP contribution is -2.31. The summed E-state index contributed by atoms with van der Waals surface area (Å²) in [5.41, 5.74) is 1.36. The molecule has 1 aromatic heterocycles. The van der Waals surface area contributed by atoms with Crippen LogP contribution in [0.15, 0.2) is 49.1 Å². The van der Waals surface area contributed by atoms with Crippen molar-refractivity contribution in [3.8, 4) is 0 Å². The van der Waals surface area contributed by atoms with E-state index in [4.69, 9.17) is 0 Å². The third kappa shape index (κ3) is 9.22. The summed E-state index contributed by atoms with van der Waals surface area (Å²) >= 11 is 0. The maximum absolute atomic E-state index is 2.33. The first-order valence-electron chi connectivity index (χ1n) is 11.0. The number of aromatic nitrogens is 2. The largest absolute Gasteiger partial charge is 0.244 e. The van der Waals surface area contributed by atoms with E-state index in [0.717, 1.165) is 13.1 Å². The van der Waals surface area contributed by atoms with Crippen LogP contribution in [0.5, 0.6) is 0 Å². The van der Waals surface area contributed by atoms with Gasteiger partial charge in [0.05, 0.1) is 6.54 Å². The Labute approximate surface area is 161 Å². The molecule has 0 saturated carbocycles. The van der Waals surface area contributed by atoms with Crippen molar-refractivity contribution >= 4 is 0 Å². The molecule has 0 aliphatic carbocycles. The van der Waals surface area contributed by atoms with Gasteiger partial charge in [0.25, 0.3) is 0 Å². The molecule has 0 aliphatic heterocycles. The third-order valence-corrected chi connectivity index (χ3v) is 5.22. The minimum atomic E-state index is 0.965. The lowest BCUT2D eigenvalue weighted by molar-refractivity contribution is -0.687. The van der Waals surface area contributed by atoms with E-state index in [1.165, 1.54) is 82.6 Å². The van der Waals surface area contributed by atoms with E-state index in [2.05, 4.69) is 65.1 Å². The van der Waals surface area contributed by atoms with Crippen molar-refractivity contribution in [2.45, 2.75) is 97.1 Å². The fraction of sp³-hybridized carbons (Fsp3) is 0.625. The molecule has 1 aromatic carbocycles. The van der Waals surface area contributed by atoms with E-state index >= 15 is 0 Å². The van der Waals surface area contributed by atoms with E-state index in [9.17, 15) is 0 Å². The van der Waals surface area contributed by atoms with Gasteiger partial charge in [0, 0.05) is 0 Å². The quantitative estimate of drug-likeness (QED) is 0.254. The minimum absolute atomic E-state index is 0.965. The fourth-order valence-corrected chi connectivity index (χ4v) is 3.59. The predicted octanol–water partition coefficient (Wildman–Crippen LogP) is 6.53. The summed E-state index contributed by atoms with van der Waals surface area (Å²) in [7, 11) is 0. The molecule has 0 bridgehead atoms. The molecule has 0 N–H and O–H groups in total. The van der Waals surface area contributed by atoms with Crippen LogP contribution in [0.1, 0.15) is 89.5 Å². The highest BCUT2D eigenvalue weighted by molar-refractivity contribution is 5.13. The maximum Gasteiger partial charge on any atom is 0.244 e. The molecule has 0 amide bonds. The second-order valence-corrected chi connectivity index (χ2v) is 7.70. The molecule has 0 saturated heterocycles. The number of benzene rings is 1. The highest BCUT2D eigenvalue weighted by atomic mass is 15.1. The Morgan fingerprint density at radius 1 is 0.731 bits per heavy atom. The first kappa shape index (κ1) is 20.7. The van der Waals surface area contributed by atoms with Crippen molar-refractivity contribution in [3.05, 3.63) is 54.6 Å². The van der Waals surface area contributed by atoms with Crippen LogP contribution >= 0.6 is 0 Å². The van der Waals surface area contributed by atoms with Gasteiger partial charge in [-0.1, -0.05) is 101 Å². The molecule has 1 heterocycles. The zero-order valence-corrected chi connectivity index (χ0v) is 16.9. The van der Waals surface area contributed by atoms with Crippen LogP contribution in [-0.4, -0.2) is 4.57 Å². The average molecular weight is 356 g/mol. The Morgan fingerprint density at radius 2 is 1.31 bits per heavy atom. The zero-order valence-electron chi connectivity index (χ0n) is 16.9. The van der Waals surface area contributed by atoms with Gasteiger partial charge in [0.2, 0.25) is 6.33 Å². The lowest BCUT2D eigenvalue weighted by Gasteiger charge is -2.02. The number of aryl methyl sites for hydroxylation is 1. The molecular formula is C24H39N2+. The Balaban J connectivity index is 1.44. The molecule has 0 fully saturated rings. The smallest absolute Gasteiger partial charge is 0.237 e. The normalized spacial score (nSPS) is 11.1. The van der Waals surface area contributed by atoms with Gasteiger partial charge in [-0.25, -0.2) is 9.13 Å². The first-order valence-corrected chi connectivity index (χ1v) is 11.0. The summed E-state index contributed by atoms with van der Waals surface area (Å²) in [6.45, 7) is 4.41. The molecule has 2 nitrogen and oxygen atoms in total. The van der Waals surface area contributed by atoms with Crippen LogP contribution in [0.4, 0.5) is 0 Å². The molecule has 2 aromatic rings. The number of rotatable bonds is 15. The molecule has 2 heteroatoms. The van der Waals surface area contributed by atoms with E-state index in [-0.39, 0.29) is 0 Å². The summed E-state index contributed by atoms with van der Waals surface area (Å²) < 4.78 is 4.61. The van der Waals surface area contributed by atoms with E-state index in [1.54, 1.807) is 0 Å². The first-order chi connectivity index (χ1) is 12.9. The highest BCUT2D eigenvalue weighted by Gasteiger charge is 2.04. The molecule has 26 heavy (non-hydrogen) atoms. The van der Waals surface area contributed by atoms with Gasteiger partial charge in [0.1, 0.15) is 18.9 Å². The highest BCUT2D eigenvalue weighted by Crippen LogP contribution is 2.12. The molecule has 144 valence electrons. The van der Waals surface area contributed by atoms with Crippen LogP contribution < -0.4 is 4.57 Å². The fourth-order valence-electron chi connectivity index (χ4n) is 3.59. The number of unbranched alkanes of at least 4 members (excludes halogenated alkanes) is 11. The van der Waals surface area contributed by atoms with Crippen LogP contribution in [0, 0.1) is 0 Å². The van der Waals surface area contributed by atoms with Gasteiger partial charge >= 0.3 is 0 Å². The molecule has 0 aliphatic rings. The summed E-state index contributed by atoms with van der Waals surface area (Å²) in [5.74, 6) is 0. The van der Waals surface area contributed by atoms with Crippen molar-refractivity contribution < 1.29 is 4.57 Å². The standard InChI is InChI=1S/C24H39N2/c1-2-3-4-5-6-7-8-9-10-11-12-16-19-25-20-21-26(23-25)22-24-17-14-13-15-18-24/h13-15,17-18,20-21,23H,2-12,16,19,22H2,1H3/q+1. The Morgan fingerprint density at radius 3 is 1.92 bits per heavy atom. The van der Waals surface area contributed by atoms with Gasteiger partial charge in [-0.05, 0) is 18.4 Å². The third-order valence-electron chi connectivity index (χ3n) is 5.22. The van der Waals surface area contributed by atoms with Gasteiger partial charge in [-0.15, -0.1) is 0 Å². The Kier molecular flexibility index (Phi) is 10.9. The number of hydrogen-bond donors (Lipinski definition) is 0. The lowest BCUT2D eigenvalue weighted by atomic mass is 10.1. The number of hydrogen-bond acceptors (Lipinski definition) is 0. The van der Waals surface area contributed by atoms with Crippen molar-refractivity contribution in [3.63, 3.8) is 0 Å². The van der Waals surface area contributed by atoms with Crippen LogP contribution in [0.25, 0.3) is 0 Å². The van der Waals surface area contributed by atoms with Crippen LogP contribution in [0.3, 0.4) is 0 Å². The van der Waals surface area contributed by atoms with Gasteiger partial charge in [-0.2, -0.15) is 0 Å². The van der Waals surface area contributed by atoms with Crippen molar-refractivity contribution in [2.75, 3.05) is 0 Å². The van der Waals surface area contributed by atoms with Crippen molar-refractivity contribution in [2.24, 2.45) is 0 Å².